The first-order valence-corrected chi connectivity index (χ1v) is 5.73. The Kier molecular flexibility index (Phi) is 3.19. The number of carbonyl (C=O) groups excluding carboxylic acids is 1. The summed E-state index contributed by atoms with van der Waals surface area (Å²) in [5, 5.41) is 0.862. The number of hydrogen-bond acceptors (Lipinski definition) is 4. The monoisotopic (exact) mass is 246 g/mol. The second-order valence-electron chi connectivity index (χ2n) is 4.43. The molecule has 1 aromatic carbocycles. The van der Waals surface area contributed by atoms with E-state index in [-0.39, 0.29) is 5.92 Å². The maximum Gasteiger partial charge on any atom is 0.336 e. The van der Waals surface area contributed by atoms with Crippen molar-refractivity contribution in [2.45, 2.75) is 26.7 Å². The lowest BCUT2D eigenvalue weighted by Crippen LogP contribution is -2.04. The maximum absolute atomic E-state index is 11.5. The molecule has 94 valence electrons. The first-order chi connectivity index (χ1) is 8.47. The zero-order valence-electron chi connectivity index (χ0n) is 10.5. The molecule has 0 unspecified atom stereocenters. The SMILES string of the molecule is CC(=O)Oc1ccc2c(C(C)C)cc(=O)oc2c1. The average Bonchev–Trinajstić information content (AvgIpc) is 2.26. The van der Waals surface area contributed by atoms with Crippen molar-refractivity contribution in [2.75, 3.05) is 0 Å². The molecule has 0 bridgehead atoms. The van der Waals surface area contributed by atoms with E-state index in [4.69, 9.17) is 9.15 Å². The number of carbonyl (C=O) groups is 1. The molecule has 0 N–H and O–H groups in total. The van der Waals surface area contributed by atoms with Gasteiger partial charge in [-0.3, -0.25) is 4.79 Å². The van der Waals surface area contributed by atoms with Crippen molar-refractivity contribution in [2.24, 2.45) is 0 Å². The molecule has 0 fully saturated rings. The molecular weight excluding hydrogens is 232 g/mol. The highest BCUT2D eigenvalue weighted by molar-refractivity contribution is 5.83. The Bertz CT molecular complexity index is 652. The molecule has 18 heavy (non-hydrogen) atoms. The van der Waals surface area contributed by atoms with Crippen molar-refractivity contribution in [3.05, 3.63) is 40.2 Å². The first-order valence-electron chi connectivity index (χ1n) is 5.73. The van der Waals surface area contributed by atoms with Gasteiger partial charge in [0.15, 0.2) is 0 Å². The average molecular weight is 246 g/mol. The van der Waals surface area contributed by atoms with Gasteiger partial charge in [-0.2, -0.15) is 0 Å². The van der Waals surface area contributed by atoms with Crippen LogP contribution >= 0.6 is 0 Å². The molecule has 0 saturated heterocycles. The molecule has 0 aliphatic carbocycles. The molecule has 4 nitrogen and oxygen atoms in total. The fraction of sp³-hybridized carbons (Fsp3) is 0.286. The van der Waals surface area contributed by atoms with Crippen molar-refractivity contribution in [1.29, 1.82) is 0 Å². The number of hydrogen-bond donors (Lipinski definition) is 0. The van der Waals surface area contributed by atoms with Gasteiger partial charge in [0, 0.05) is 24.4 Å². The summed E-state index contributed by atoms with van der Waals surface area (Å²) < 4.78 is 10.1. The Labute approximate surface area is 104 Å². The van der Waals surface area contributed by atoms with Gasteiger partial charge in [-0.25, -0.2) is 4.79 Å². The fourth-order valence-corrected chi connectivity index (χ4v) is 1.88. The Hall–Kier alpha value is -2.10. The highest BCUT2D eigenvalue weighted by Gasteiger charge is 2.10. The van der Waals surface area contributed by atoms with Crippen LogP contribution in [0.2, 0.25) is 0 Å². The third-order valence-corrected chi connectivity index (χ3v) is 2.63. The van der Waals surface area contributed by atoms with E-state index in [0.717, 1.165) is 10.9 Å². The minimum atomic E-state index is -0.406. The zero-order valence-corrected chi connectivity index (χ0v) is 10.5. The smallest absolute Gasteiger partial charge is 0.336 e. The van der Waals surface area contributed by atoms with Gasteiger partial charge in [-0.05, 0) is 23.6 Å². The lowest BCUT2D eigenvalue weighted by atomic mass is 10.00. The highest BCUT2D eigenvalue weighted by Crippen LogP contribution is 2.26. The van der Waals surface area contributed by atoms with Crippen LogP contribution in [0.1, 0.15) is 32.3 Å². The van der Waals surface area contributed by atoms with Crippen LogP contribution in [-0.4, -0.2) is 5.97 Å². The van der Waals surface area contributed by atoms with Crippen LogP contribution in [-0.2, 0) is 4.79 Å². The lowest BCUT2D eigenvalue weighted by molar-refractivity contribution is -0.131. The Morgan fingerprint density at radius 2 is 2.00 bits per heavy atom. The summed E-state index contributed by atoms with van der Waals surface area (Å²) in [6, 6.07) is 6.55. The number of rotatable bonds is 2. The van der Waals surface area contributed by atoms with E-state index in [0.29, 0.717) is 11.3 Å². The van der Waals surface area contributed by atoms with Crippen molar-refractivity contribution >= 4 is 16.9 Å². The number of esters is 1. The minimum absolute atomic E-state index is 0.219. The summed E-state index contributed by atoms with van der Waals surface area (Å²) >= 11 is 0. The highest BCUT2D eigenvalue weighted by atomic mass is 16.5. The van der Waals surface area contributed by atoms with Gasteiger partial charge in [0.05, 0.1) is 0 Å². The van der Waals surface area contributed by atoms with E-state index in [1.54, 1.807) is 18.2 Å². The predicted molar refractivity (Wildman–Crippen MR) is 67.9 cm³/mol. The van der Waals surface area contributed by atoms with Crippen molar-refractivity contribution < 1.29 is 13.9 Å². The van der Waals surface area contributed by atoms with Crippen LogP contribution in [0.15, 0.2) is 33.5 Å². The molecule has 2 aromatic rings. The van der Waals surface area contributed by atoms with Gasteiger partial charge in [0.2, 0.25) is 0 Å². The molecule has 0 aliphatic heterocycles. The first kappa shape index (κ1) is 12.4. The third-order valence-electron chi connectivity index (χ3n) is 2.63. The minimum Gasteiger partial charge on any atom is -0.427 e. The summed E-state index contributed by atoms with van der Waals surface area (Å²) in [5.74, 6) is 0.187. The van der Waals surface area contributed by atoms with Gasteiger partial charge >= 0.3 is 11.6 Å². The van der Waals surface area contributed by atoms with Crippen molar-refractivity contribution in [1.82, 2.24) is 0 Å². The second kappa shape index (κ2) is 4.64. The molecule has 2 rings (SSSR count). The van der Waals surface area contributed by atoms with Crippen molar-refractivity contribution in [3.8, 4) is 5.75 Å². The molecular formula is C14H14O4. The molecule has 0 atom stereocenters. The quantitative estimate of drug-likeness (QED) is 0.464. The van der Waals surface area contributed by atoms with Gasteiger partial charge in [-0.1, -0.05) is 13.8 Å². The fourth-order valence-electron chi connectivity index (χ4n) is 1.88. The molecule has 4 heteroatoms. The van der Waals surface area contributed by atoms with E-state index in [1.807, 2.05) is 13.8 Å². The number of ether oxygens (including phenoxy) is 1. The van der Waals surface area contributed by atoms with Crippen LogP contribution < -0.4 is 10.4 Å². The van der Waals surface area contributed by atoms with Gasteiger partial charge in [0.25, 0.3) is 0 Å². The lowest BCUT2D eigenvalue weighted by Gasteiger charge is -2.09. The van der Waals surface area contributed by atoms with E-state index in [9.17, 15) is 9.59 Å². The largest absolute Gasteiger partial charge is 0.427 e. The molecule has 0 aliphatic rings. The second-order valence-corrected chi connectivity index (χ2v) is 4.43. The Morgan fingerprint density at radius 1 is 1.28 bits per heavy atom. The Balaban J connectivity index is 2.64. The molecule has 0 radical (unpaired) electrons. The molecule has 0 spiro atoms. The Morgan fingerprint density at radius 3 is 2.61 bits per heavy atom. The van der Waals surface area contributed by atoms with Crippen LogP contribution in [0, 0.1) is 0 Å². The van der Waals surface area contributed by atoms with Gasteiger partial charge < -0.3 is 9.15 Å². The van der Waals surface area contributed by atoms with E-state index in [1.165, 1.54) is 13.0 Å². The molecule has 1 aromatic heterocycles. The van der Waals surface area contributed by atoms with Gasteiger partial charge in [-0.15, -0.1) is 0 Å². The summed E-state index contributed by atoms with van der Waals surface area (Å²) in [6.07, 6.45) is 0. The molecule has 1 heterocycles. The topological polar surface area (TPSA) is 56.5 Å². The molecule has 0 amide bonds. The standard InChI is InChI=1S/C14H14O4/c1-8(2)12-7-14(16)18-13-6-10(17-9(3)15)4-5-11(12)13/h4-8H,1-3H3. The van der Waals surface area contributed by atoms with Crippen LogP contribution in [0.4, 0.5) is 0 Å². The summed E-state index contributed by atoms with van der Waals surface area (Å²) in [5.41, 5.74) is 0.965. The number of benzene rings is 1. The number of fused-ring (bicyclic) bond motifs is 1. The van der Waals surface area contributed by atoms with Crippen LogP contribution in [0.5, 0.6) is 5.75 Å². The zero-order chi connectivity index (χ0) is 13.3. The summed E-state index contributed by atoms with van der Waals surface area (Å²) in [4.78, 5) is 22.3. The van der Waals surface area contributed by atoms with E-state index >= 15 is 0 Å². The van der Waals surface area contributed by atoms with Crippen LogP contribution in [0.3, 0.4) is 0 Å². The van der Waals surface area contributed by atoms with E-state index < -0.39 is 11.6 Å². The third kappa shape index (κ3) is 2.42. The van der Waals surface area contributed by atoms with Crippen molar-refractivity contribution in [3.63, 3.8) is 0 Å². The summed E-state index contributed by atoms with van der Waals surface area (Å²) in [7, 11) is 0. The van der Waals surface area contributed by atoms with Gasteiger partial charge in [0.1, 0.15) is 11.3 Å². The summed E-state index contributed by atoms with van der Waals surface area (Å²) in [6.45, 7) is 5.34. The molecule has 0 saturated carbocycles. The normalized spacial score (nSPS) is 10.9. The maximum atomic E-state index is 11.5. The van der Waals surface area contributed by atoms with Crippen LogP contribution in [0.25, 0.3) is 11.0 Å². The predicted octanol–water partition coefficient (Wildman–Crippen LogP) is 2.84. The van der Waals surface area contributed by atoms with E-state index in [2.05, 4.69) is 0 Å².